The molecule has 0 aromatic heterocycles. The van der Waals surface area contributed by atoms with Crippen LogP contribution in [-0.4, -0.2) is 20.5 Å². The van der Waals surface area contributed by atoms with Crippen LogP contribution in [0.1, 0.15) is 32.4 Å². The van der Waals surface area contributed by atoms with Crippen molar-refractivity contribution in [2.24, 2.45) is 5.14 Å². The van der Waals surface area contributed by atoms with E-state index in [0.717, 1.165) is 16.7 Å². The second-order valence-corrected chi connectivity index (χ2v) is 10.3. The van der Waals surface area contributed by atoms with Gasteiger partial charge in [0.05, 0.1) is 10.3 Å². The third kappa shape index (κ3) is 4.05. The second-order valence-electron chi connectivity index (χ2n) is 8.73. The predicted octanol–water partition coefficient (Wildman–Crippen LogP) is 4.97. The van der Waals surface area contributed by atoms with Crippen LogP contribution in [0.3, 0.4) is 0 Å². The fourth-order valence-corrected chi connectivity index (χ4v) is 4.94. The van der Waals surface area contributed by atoms with E-state index in [1.54, 1.807) is 18.2 Å². The van der Waals surface area contributed by atoms with E-state index >= 15 is 0 Å². The highest BCUT2D eigenvalue weighted by Gasteiger charge is 2.52. The van der Waals surface area contributed by atoms with Gasteiger partial charge in [-0.15, -0.1) is 8.78 Å². The van der Waals surface area contributed by atoms with Gasteiger partial charge >= 0.3 is 6.29 Å². The van der Waals surface area contributed by atoms with Gasteiger partial charge in [0.1, 0.15) is 5.78 Å². The van der Waals surface area contributed by atoms with E-state index < -0.39 is 21.7 Å². The Morgan fingerprint density at radius 1 is 1.03 bits per heavy atom. The highest BCUT2D eigenvalue weighted by Crippen LogP contribution is 2.52. The van der Waals surface area contributed by atoms with Crippen LogP contribution in [0.25, 0.3) is 11.1 Å². The first-order chi connectivity index (χ1) is 16.0. The molecule has 0 radical (unpaired) electrons. The maximum absolute atomic E-state index is 13.4. The van der Waals surface area contributed by atoms with Crippen LogP contribution in [0.2, 0.25) is 0 Å². The summed E-state index contributed by atoms with van der Waals surface area (Å²) in [6.45, 7) is 1.90. The third-order valence-corrected chi connectivity index (χ3v) is 7.29. The molecule has 0 unspecified atom stereocenters. The van der Waals surface area contributed by atoms with Gasteiger partial charge in [-0.3, -0.25) is 4.79 Å². The monoisotopic (exact) mass is 489 g/mol. The number of benzene rings is 3. The number of aryl methyl sites for hydroxylation is 1. The first-order valence-corrected chi connectivity index (χ1v) is 12.2. The zero-order valence-corrected chi connectivity index (χ0v) is 19.0. The Morgan fingerprint density at radius 2 is 1.76 bits per heavy atom. The lowest BCUT2D eigenvalue weighted by Crippen LogP contribution is -2.26. The van der Waals surface area contributed by atoms with Crippen LogP contribution in [-0.2, 0) is 26.7 Å². The summed E-state index contributed by atoms with van der Waals surface area (Å²) in [6.07, 6.45) is -2.32. The molecule has 34 heavy (non-hydrogen) atoms. The summed E-state index contributed by atoms with van der Waals surface area (Å²) in [7, 11) is -3.85. The van der Waals surface area contributed by atoms with Crippen molar-refractivity contribution in [1.29, 1.82) is 0 Å². The molecule has 0 saturated heterocycles. The van der Waals surface area contributed by atoms with E-state index in [4.69, 9.17) is 5.14 Å². The van der Waals surface area contributed by atoms with Crippen molar-refractivity contribution in [3.8, 4) is 22.6 Å². The highest BCUT2D eigenvalue weighted by atomic mass is 32.2. The average molecular weight is 490 g/mol. The van der Waals surface area contributed by atoms with Crippen molar-refractivity contribution in [2.75, 3.05) is 0 Å². The number of rotatable bonds is 6. The molecule has 0 bridgehead atoms. The molecule has 6 nitrogen and oxygen atoms in total. The van der Waals surface area contributed by atoms with Crippen molar-refractivity contribution in [3.05, 3.63) is 77.4 Å². The lowest BCUT2D eigenvalue weighted by atomic mass is 9.87. The third-order valence-electron chi connectivity index (χ3n) is 6.38. The number of hydrogen-bond donors (Lipinski definition) is 1. The number of Topliss-reactive ketones (excluding diaryl/α,β-unsaturated/α-hetero) is 1. The number of alkyl halides is 2. The standard InChI is InChI=1S/C25H21F2NO5S.2H2/c1-15-5-6-16(11-20(15)17-3-2-4-19(13-17)34(28,30)31)12-23(29)24(9-10-24)18-7-8-21-22(14-18)33-25(26,27)32-21;;/h2-8,11,13-14H,9-10,12H2,1H3,(H2,28,30,31);2*1H. The Kier molecular flexibility index (Phi) is 5.03. The number of halogens is 2. The van der Waals surface area contributed by atoms with Crippen LogP contribution in [0.15, 0.2) is 65.6 Å². The van der Waals surface area contributed by atoms with Crippen molar-refractivity contribution in [2.45, 2.75) is 42.8 Å². The smallest absolute Gasteiger partial charge is 0.395 e. The molecule has 1 aliphatic carbocycles. The van der Waals surface area contributed by atoms with Gasteiger partial charge in [0.2, 0.25) is 10.0 Å². The fourth-order valence-electron chi connectivity index (χ4n) is 4.39. The summed E-state index contributed by atoms with van der Waals surface area (Å²) in [4.78, 5) is 13.3. The van der Waals surface area contributed by atoms with Crippen LogP contribution >= 0.6 is 0 Å². The first-order valence-electron chi connectivity index (χ1n) is 10.6. The van der Waals surface area contributed by atoms with E-state index in [1.807, 2.05) is 25.1 Å². The Hall–Kier alpha value is -3.30. The van der Waals surface area contributed by atoms with Gasteiger partial charge in [0, 0.05) is 9.27 Å². The first kappa shape index (κ1) is 22.5. The molecular weight excluding hydrogens is 464 g/mol. The summed E-state index contributed by atoms with van der Waals surface area (Å²) < 4.78 is 59.2. The summed E-state index contributed by atoms with van der Waals surface area (Å²) >= 11 is 0. The molecule has 1 heterocycles. The number of nitrogens with two attached hydrogens (primary N) is 1. The van der Waals surface area contributed by atoms with Crippen molar-refractivity contribution < 1.29 is 34.3 Å². The van der Waals surface area contributed by atoms with E-state index in [-0.39, 0.29) is 31.5 Å². The molecule has 2 N–H and O–H groups in total. The van der Waals surface area contributed by atoms with Crippen molar-refractivity contribution in [3.63, 3.8) is 0 Å². The van der Waals surface area contributed by atoms with Crippen molar-refractivity contribution >= 4 is 15.8 Å². The molecular formula is C25H25F2NO5S. The lowest BCUT2D eigenvalue weighted by Gasteiger charge is -2.16. The minimum absolute atomic E-state index is 0. The van der Waals surface area contributed by atoms with Gasteiger partial charge in [-0.2, -0.15) is 0 Å². The summed E-state index contributed by atoms with van der Waals surface area (Å²) in [6, 6.07) is 16.4. The minimum Gasteiger partial charge on any atom is -0.395 e. The van der Waals surface area contributed by atoms with Gasteiger partial charge in [-0.05, 0) is 71.8 Å². The Balaban J connectivity index is 0.00000180. The van der Waals surface area contributed by atoms with Gasteiger partial charge in [-0.25, -0.2) is 13.6 Å². The second kappa shape index (κ2) is 7.61. The molecule has 1 saturated carbocycles. The predicted molar refractivity (Wildman–Crippen MR) is 124 cm³/mol. The number of fused-ring (bicyclic) bond motifs is 1. The Labute approximate surface area is 198 Å². The quantitative estimate of drug-likeness (QED) is 0.528. The zero-order chi connectivity index (χ0) is 24.3. The number of sulfonamides is 1. The molecule has 0 atom stereocenters. The van der Waals surface area contributed by atoms with E-state index in [0.29, 0.717) is 24.0 Å². The molecule has 5 rings (SSSR count). The van der Waals surface area contributed by atoms with Crippen LogP contribution in [0.4, 0.5) is 8.78 Å². The maximum Gasteiger partial charge on any atom is 0.586 e. The number of hydrogen-bond acceptors (Lipinski definition) is 5. The normalized spacial score (nSPS) is 17.4. The van der Waals surface area contributed by atoms with E-state index in [2.05, 4.69) is 9.47 Å². The maximum atomic E-state index is 13.4. The van der Waals surface area contributed by atoms with Crippen LogP contribution in [0.5, 0.6) is 11.5 Å². The van der Waals surface area contributed by atoms with E-state index in [9.17, 15) is 22.0 Å². The molecule has 1 aliphatic heterocycles. The highest BCUT2D eigenvalue weighted by molar-refractivity contribution is 7.89. The number of carbonyl (C=O) groups is 1. The summed E-state index contributed by atoms with van der Waals surface area (Å²) in [5.41, 5.74) is 3.05. The average Bonchev–Trinajstić information content (AvgIpc) is 3.51. The lowest BCUT2D eigenvalue weighted by molar-refractivity contribution is -0.286. The number of ketones is 1. The molecule has 0 amide bonds. The van der Waals surface area contributed by atoms with E-state index in [1.165, 1.54) is 24.3 Å². The van der Waals surface area contributed by atoms with Gasteiger partial charge in [0.15, 0.2) is 11.5 Å². The molecule has 180 valence electrons. The Morgan fingerprint density at radius 3 is 2.47 bits per heavy atom. The summed E-state index contributed by atoms with van der Waals surface area (Å²) in [5.74, 6) is -0.151. The van der Waals surface area contributed by atoms with Gasteiger partial charge < -0.3 is 9.47 Å². The molecule has 3 aromatic carbocycles. The van der Waals surface area contributed by atoms with Gasteiger partial charge in [0.25, 0.3) is 0 Å². The molecule has 2 aliphatic rings. The minimum atomic E-state index is -3.85. The molecule has 1 fully saturated rings. The van der Waals surface area contributed by atoms with Crippen LogP contribution < -0.4 is 14.6 Å². The zero-order valence-electron chi connectivity index (χ0n) is 18.2. The SMILES string of the molecule is Cc1ccc(CC(=O)C2(c3ccc4c(c3)OC(F)(F)O4)CC2)cc1-c1cccc(S(N)(=O)=O)c1.[HH].[HH]. The van der Waals surface area contributed by atoms with Crippen molar-refractivity contribution in [1.82, 2.24) is 0 Å². The number of carbonyl (C=O) groups excluding carboxylic acids is 1. The largest absolute Gasteiger partial charge is 0.586 e. The fraction of sp³-hybridized carbons (Fsp3) is 0.240. The summed E-state index contributed by atoms with van der Waals surface area (Å²) in [5, 5.41) is 5.27. The van der Waals surface area contributed by atoms with Crippen LogP contribution in [0, 0.1) is 6.92 Å². The number of primary sulfonamides is 1. The molecule has 3 aromatic rings. The Bertz CT molecular complexity index is 1440. The molecule has 9 heteroatoms. The molecule has 0 spiro atoms. The topological polar surface area (TPSA) is 95.7 Å². The number of ether oxygens (including phenoxy) is 2. The van der Waals surface area contributed by atoms with Gasteiger partial charge in [-0.1, -0.05) is 36.4 Å².